The van der Waals surface area contributed by atoms with Crippen LogP contribution in [0.1, 0.15) is 5.56 Å². The largest absolute Gasteiger partial charge is 0.309 e. The fourth-order valence-electron chi connectivity index (χ4n) is 9.32. The van der Waals surface area contributed by atoms with Crippen molar-refractivity contribution in [3.8, 4) is 72.6 Å². The number of aromatic nitrogens is 2. The fraction of sp³-hybridized carbons (Fsp3) is 0. The number of benzene rings is 9. The minimum atomic E-state index is 0.862. The summed E-state index contributed by atoms with van der Waals surface area (Å²) in [4.78, 5) is 4.53. The van der Waals surface area contributed by atoms with Crippen LogP contribution in [0.2, 0.25) is 0 Å². The first-order chi connectivity index (χ1) is 33.2. The summed E-state index contributed by atoms with van der Waals surface area (Å²) < 4.78 is 2.35. The minimum Gasteiger partial charge on any atom is -0.309 e. The third-order valence-electron chi connectivity index (χ3n) is 12.8. The third-order valence-corrected chi connectivity index (χ3v) is 12.8. The van der Waals surface area contributed by atoms with Crippen molar-refractivity contribution in [3.05, 3.63) is 261 Å². The summed E-state index contributed by atoms with van der Waals surface area (Å²) in [6.07, 6.45) is 5.85. The van der Waals surface area contributed by atoms with Crippen molar-refractivity contribution < 1.29 is 0 Å². The lowest BCUT2D eigenvalue weighted by atomic mass is 9.91. The molecule has 0 fully saturated rings. The number of para-hydroxylation sites is 1. The van der Waals surface area contributed by atoms with Crippen molar-refractivity contribution in [3.63, 3.8) is 0 Å². The lowest BCUT2D eigenvalue weighted by molar-refractivity contribution is 0.770. The van der Waals surface area contributed by atoms with Gasteiger partial charge in [-0.05, 0) is 122 Å². The molecule has 12 rings (SSSR count). The van der Waals surface area contributed by atoms with Gasteiger partial charge in [-0.3, -0.25) is 10.4 Å². The molecule has 0 atom stereocenters. The Labute approximate surface area is 389 Å². The second kappa shape index (κ2) is 17.1. The molecular formula is C62H43N5. The monoisotopic (exact) mass is 857 g/mol. The highest BCUT2D eigenvalue weighted by atomic mass is 15.7. The van der Waals surface area contributed by atoms with Gasteiger partial charge >= 0.3 is 0 Å². The minimum absolute atomic E-state index is 0.862. The first-order valence-corrected chi connectivity index (χ1v) is 22.6. The van der Waals surface area contributed by atoms with E-state index in [0.717, 1.165) is 67.2 Å². The zero-order valence-electron chi connectivity index (χ0n) is 36.5. The number of anilines is 1. The van der Waals surface area contributed by atoms with Crippen LogP contribution in [-0.2, 0) is 0 Å². The number of hydrazine groups is 1. The van der Waals surface area contributed by atoms with E-state index in [4.69, 9.17) is 5.10 Å². The summed E-state index contributed by atoms with van der Waals surface area (Å²) in [5.74, 6) is 0. The van der Waals surface area contributed by atoms with Crippen molar-refractivity contribution in [1.29, 1.82) is 0 Å². The van der Waals surface area contributed by atoms with E-state index in [1.165, 1.54) is 44.2 Å². The van der Waals surface area contributed by atoms with Crippen LogP contribution in [0.25, 0.3) is 94.4 Å². The molecule has 1 aliphatic rings. The van der Waals surface area contributed by atoms with Crippen LogP contribution < -0.4 is 10.5 Å². The number of nitrogens with zero attached hydrogens (tertiary/aromatic N) is 4. The zero-order chi connectivity index (χ0) is 44.5. The first kappa shape index (κ1) is 39.5. The Morgan fingerprint density at radius 3 is 1.51 bits per heavy atom. The van der Waals surface area contributed by atoms with Gasteiger partial charge in [-0.1, -0.05) is 176 Å². The Hall–Kier alpha value is -9.06. The quantitative estimate of drug-likeness (QED) is 0.157. The molecule has 0 saturated carbocycles. The van der Waals surface area contributed by atoms with Crippen LogP contribution in [-0.4, -0.2) is 15.3 Å². The van der Waals surface area contributed by atoms with Crippen molar-refractivity contribution >= 4 is 33.2 Å². The molecule has 11 aromatic rings. The second-order valence-corrected chi connectivity index (χ2v) is 16.8. The average molecular weight is 858 g/mol. The molecule has 0 radical (unpaired) electrons. The van der Waals surface area contributed by atoms with E-state index in [-0.39, 0.29) is 0 Å². The first-order valence-electron chi connectivity index (χ1n) is 22.6. The summed E-state index contributed by atoms with van der Waals surface area (Å²) in [6.45, 7) is 0. The van der Waals surface area contributed by atoms with Crippen LogP contribution in [0.4, 0.5) is 5.69 Å². The maximum atomic E-state index is 5.22. The standard InChI is InChI=1S/C62H43N5/c1-3-11-43(12-4-1)45-18-20-47(21-19-45)51-30-36-55(57(41-51)49-26-22-46(23-27-49)44-13-5-2-6-14-44)60-38-40-64-67(65-60)54-34-32-53(33-35-54)66-61-17-8-7-15-56(61)58-42-52(31-37-62(58)66)48-24-28-50(29-25-48)59-16-9-10-39-63-59/h1-42,64H. The van der Waals surface area contributed by atoms with Crippen LogP contribution in [0.3, 0.4) is 0 Å². The van der Waals surface area contributed by atoms with E-state index in [1.54, 1.807) is 0 Å². The predicted molar refractivity (Wildman–Crippen MR) is 279 cm³/mol. The van der Waals surface area contributed by atoms with E-state index in [1.807, 2.05) is 35.7 Å². The van der Waals surface area contributed by atoms with Gasteiger partial charge in [-0.2, -0.15) is 10.2 Å². The number of hydrogen-bond acceptors (Lipinski definition) is 4. The number of rotatable bonds is 9. The Kier molecular flexibility index (Phi) is 10.1. The number of allylic oxidation sites excluding steroid dienone is 1. The normalized spacial score (nSPS) is 12.3. The van der Waals surface area contributed by atoms with E-state index < -0.39 is 0 Å². The van der Waals surface area contributed by atoms with Crippen molar-refractivity contribution in [2.45, 2.75) is 0 Å². The van der Waals surface area contributed by atoms with Gasteiger partial charge in [0.15, 0.2) is 0 Å². The van der Waals surface area contributed by atoms with E-state index in [2.05, 4.69) is 239 Å². The smallest absolute Gasteiger partial charge is 0.0949 e. The highest BCUT2D eigenvalue weighted by Gasteiger charge is 2.18. The molecule has 2 aromatic heterocycles. The fourth-order valence-corrected chi connectivity index (χ4v) is 9.32. The number of nitrogens with one attached hydrogen (secondary N) is 1. The molecule has 0 saturated heterocycles. The van der Waals surface area contributed by atoms with Gasteiger partial charge in [0.1, 0.15) is 0 Å². The topological polar surface area (TPSA) is 45.5 Å². The second-order valence-electron chi connectivity index (χ2n) is 16.8. The summed E-state index contributed by atoms with van der Waals surface area (Å²) >= 11 is 0. The third kappa shape index (κ3) is 7.64. The number of hydrogen-bond donors (Lipinski definition) is 1. The van der Waals surface area contributed by atoms with E-state index in [9.17, 15) is 0 Å². The molecule has 3 heterocycles. The van der Waals surface area contributed by atoms with Crippen molar-refractivity contribution in [2.75, 3.05) is 5.12 Å². The van der Waals surface area contributed by atoms with Gasteiger partial charge in [0.25, 0.3) is 0 Å². The molecule has 5 heteroatoms. The summed E-state index contributed by atoms with van der Waals surface area (Å²) in [5, 5.41) is 9.50. The van der Waals surface area contributed by atoms with Crippen molar-refractivity contribution in [2.24, 2.45) is 5.10 Å². The van der Waals surface area contributed by atoms with E-state index >= 15 is 0 Å². The van der Waals surface area contributed by atoms with Crippen LogP contribution in [0.15, 0.2) is 260 Å². The molecule has 316 valence electrons. The lowest BCUT2D eigenvalue weighted by Crippen LogP contribution is -2.33. The van der Waals surface area contributed by atoms with Gasteiger partial charge < -0.3 is 4.57 Å². The maximum Gasteiger partial charge on any atom is 0.0949 e. The van der Waals surface area contributed by atoms with Crippen molar-refractivity contribution in [1.82, 2.24) is 15.0 Å². The number of pyridine rings is 1. The molecule has 9 aromatic carbocycles. The molecule has 1 N–H and O–H groups in total. The SMILES string of the molecule is C1=CC(c2ccc(-c3ccc(-c4ccccc4)cc3)cc2-c2ccc(-c3ccccc3)cc2)=NN(c2ccc(-n3c4ccccc4c4cc(-c5ccc(-c6ccccn6)cc5)ccc43)cc2)N1. The molecule has 67 heavy (non-hydrogen) atoms. The molecule has 0 bridgehead atoms. The Morgan fingerprint density at radius 1 is 0.343 bits per heavy atom. The number of fused-ring (bicyclic) bond motifs is 3. The predicted octanol–water partition coefficient (Wildman–Crippen LogP) is 15.4. The average Bonchev–Trinajstić information content (AvgIpc) is 3.75. The molecule has 0 unspecified atom stereocenters. The Morgan fingerprint density at radius 2 is 0.851 bits per heavy atom. The van der Waals surface area contributed by atoms with Crippen LogP contribution in [0, 0.1) is 0 Å². The van der Waals surface area contributed by atoms with E-state index in [0.29, 0.717) is 0 Å². The van der Waals surface area contributed by atoms with Crippen LogP contribution in [0.5, 0.6) is 0 Å². The highest BCUT2D eigenvalue weighted by molar-refractivity contribution is 6.14. The Balaban J connectivity index is 0.867. The zero-order valence-corrected chi connectivity index (χ0v) is 36.5. The van der Waals surface area contributed by atoms with Gasteiger partial charge in [0.2, 0.25) is 0 Å². The summed E-state index contributed by atoms with van der Waals surface area (Å²) in [6, 6.07) is 84.2. The molecule has 0 aliphatic carbocycles. The van der Waals surface area contributed by atoms with Gasteiger partial charge in [0.05, 0.1) is 28.1 Å². The van der Waals surface area contributed by atoms with Gasteiger partial charge in [-0.25, -0.2) is 0 Å². The summed E-state index contributed by atoms with van der Waals surface area (Å²) in [5.41, 5.74) is 23.4. The number of hydrazone groups is 1. The molecular weight excluding hydrogens is 815 g/mol. The maximum absolute atomic E-state index is 5.22. The molecule has 5 nitrogen and oxygen atoms in total. The molecule has 0 spiro atoms. The molecule has 0 amide bonds. The highest BCUT2D eigenvalue weighted by Crippen LogP contribution is 2.37. The van der Waals surface area contributed by atoms with Crippen LogP contribution >= 0.6 is 0 Å². The lowest BCUT2D eigenvalue weighted by Gasteiger charge is -2.24. The van der Waals surface area contributed by atoms with Gasteiger partial charge in [0, 0.05) is 40.0 Å². The molecule has 1 aliphatic heterocycles. The Bertz CT molecular complexity index is 3600. The van der Waals surface area contributed by atoms with Gasteiger partial charge in [-0.15, -0.1) is 0 Å². The summed E-state index contributed by atoms with van der Waals surface area (Å²) in [7, 11) is 0.